The van der Waals surface area contributed by atoms with Gasteiger partial charge in [-0.2, -0.15) is 0 Å². The van der Waals surface area contributed by atoms with Gasteiger partial charge in [0.1, 0.15) is 0 Å². The molecule has 8 rings (SSSR count). The van der Waals surface area contributed by atoms with Crippen molar-refractivity contribution in [1.29, 1.82) is 0 Å². The van der Waals surface area contributed by atoms with Gasteiger partial charge in [-0.25, -0.2) is 15.0 Å². The first-order valence-electron chi connectivity index (χ1n) is 18.9. The lowest BCUT2D eigenvalue weighted by atomic mass is 10.0. The van der Waals surface area contributed by atoms with Crippen molar-refractivity contribution in [2.75, 3.05) is 0 Å². The van der Waals surface area contributed by atoms with E-state index in [2.05, 4.69) is 0 Å². The number of fused-ring (bicyclic) bond motifs is 3. The van der Waals surface area contributed by atoms with E-state index in [0.717, 1.165) is 22.5 Å². The first-order valence-corrected chi connectivity index (χ1v) is 14.2. The van der Waals surface area contributed by atoms with Crippen LogP contribution in [0.25, 0.3) is 76.6 Å². The lowest BCUT2D eigenvalue weighted by Gasteiger charge is -2.09. The van der Waals surface area contributed by atoms with E-state index in [0.29, 0.717) is 11.1 Å². The first kappa shape index (κ1) is 16.3. The second-order valence-corrected chi connectivity index (χ2v) is 10.6. The number of rotatable bonds is 5. The molecule has 0 bridgehead atoms. The fourth-order valence-corrected chi connectivity index (χ4v) is 5.75. The quantitative estimate of drug-likeness (QED) is 0.204. The highest BCUT2D eigenvalue weighted by Crippen LogP contribution is 2.38. The van der Waals surface area contributed by atoms with E-state index < -0.39 is 59.9 Å². The number of hydrogen-bond donors (Lipinski definition) is 0. The van der Waals surface area contributed by atoms with Gasteiger partial charge in [0.25, 0.3) is 0 Å². The van der Waals surface area contributed by atoms with Crippen LogP contribution in [0.2, 0.25) is 0 Å². The summed E-state index contributed by atoms with van der Waals surface area (Å²) in [6.07, 6.45) is 0. The molecule has 0 unspecified atom stereocenters. The van der Waals surface area contributed by atoms with Crippen molar-refractivity contribution in [1.82, 2.24) is 15.0 Å². The van der Waals surface area contributed by atoms with Crippen molar-refractivity contribution in [2.45, 2.75) is 0 Å². The third kappa shape index (κ3) is 4.88. The molecule has 0 amide bonds. The summed E-state index contributed by atoms with van der Waals surface area (Å²) in [5, 5.41) is -0.00823. The van der Waals surface area contributed by atoms with Crippen molar-refractivity contribution >= 4 is 31.5 Å². The molecule has 43 heavy (non-hydrogen) atoms. The van der Waals surface area contributed by atoms with Crippen molar-refractivity contribution in [3.8, 4) is 56.4 Å². The Hall–Kier alpha value is -5.45. The van der Waals surface area contributed by atoms with Gasteiger partial charge in [0.2, 0.25) is 0 Å². The minimum absolute atomic E-state index is 0.00919. The highest BCUT2D eigenvalue weighted by Gasteiger charge is 2.14. The second-order valence-electron chi connectivity index (χ2n) is 9.63. The molecule has 8 aromatic rings. The number of hydrogen-bond acceptors (Lipinski definition) is 4. The second kappa shape index (κ2) is 10.8. The van der Waals surface area contributed by atoms with Gasteiger partial charge in [0.15, 0.2) is 17.5 Å². The first-order chi connectivity index (χ1) is 25.9. The van der Waals surface area contributed by atoms with Gasteiger partial charge in [-0.1, -0.05) is 133 Å². The molecule has 2 heterocycles. The molecule has 0 fully saturated rings. The zero-order chi connectivity index (χ0) is 38.2. The summed E-state index contributed by atoms with van der Waals surface area (Å²) in [6, 6.07) is 21.1. The third-order valence-electron chi connectivity index (χ3n) is 6.90. The lowest BCUT2D eigenvalue weighted by molar-refractivity contribution is 1.07. The molecule has 0 aliphatic carbocycles. The number of thiophene rings is 1. The predicted octanol–water partition coefficient (Wildman–Crippen LogP) is 10.6. The Labute approximate surface area is 269 Å². The van der Waals surface area contributed by atoms with Gasteiger partial charge in [-0.15, -0.1) is 11.3 Å². The molecule has 6 aromatic carbocycles. The van der Waals surface area contributed by atoms with Crippen LogP contribution in [0.5, 0.6) is 0 Å². The van der Waals surface area contributed by atoms with E-state index in [4.69, 9.17) is 24.5 Å². The normalized spacial score (nSPS) is 14.8. The van der Waals surface area contributed by atoms with Crippen LogP contribution in [-0.4, -0.2) is 15.0 Å². The number of aromatic nitrogens is 3. The molecule has 0 saturated heterocycles. The van der Waals surface area contributed by atoms with E-state index in [1.807, 2.05) is 84.9 Å². The molecule has 4 heteroatoms. The van der Waals surface area contributed by atoms with E-state index in [-0.39, 0.29) is 60.9 Å². The van der Waals surface area contributed by atoms with Crippen molar-refractivity contribution in [3.63, 3.8) is 0 Å². The molecule has 0 atom stereocenters. The zero-order valence-corrected chi connectivity index (χ0v) is 23.1. The maximum Gasteiger partial charge on any atom is 0.164 e. The molecule has 0 aliphatic rings. The summed E-state index contributed by atoms with van der Waals surface area (Å²) in [4.78, 5) is 14.2. The summed E-state index contributed by atoms with van der Waals surface area (Å²) in [7, 11) is 0. The largest absolute Gasteiger partial charge is 0.208 e. The van der Waals surface area contributed by atoms with Crippen molar-refractivity contribution in [2.24, 2.45) is 0 Å². The summed E-state index contributed by atoms with van der Waals surface area (Å²) in [5.74, 6) is 0.546. The van der Waals surface area contributed by atoms with Gasteiger partial charge >= 0.3 is 0 Å². The minimum atomic E-state index is -0.655. The van der Waals surface area contributed by atoms with Crippen LogP contribution in [0.15, 0.2) is 151 Å². The molecule has 0 N–H and O–H groups in total. The summed E-state index contributed by atoms with van der Waals surface area (Å²) in [5.41, 5.74) is 2.51. The fraction of sp³-hybridized carbons (Fsp3) is 0. The standard InChI is InChI=1S/C39H25N3S/c1-4-10-26(11-5-1)28-16-18-30(19-17-28)38-40-37(29-14-8-3-9-15-29)41-39(42-38)32-20-22-33-34-24-31(27-12-6-2-7-13-27)21-23-35(34)43-36(33)25-32/h1-25H/i2D,6D,7D,12D,13D,20D,21D,22D,23D,24D,25D. The summed E-state index contributed by atoms with van der Waals surface area (Å²) in [6.45, 7) is 0. The molecule has 3 nitrogen and oxygen atoms in total. The molecular formula is C39H25N3S. The molecule has 202 valence electrons. The van der Waals surface area contributed by atoms with Crippen LogP contribution in [-0.2, 0) is 0 Å². The smallest absolute Gasteiger partial charge is 0.164 e. The van der Waals surface area contributed by atoms with Gasteiger partial charge in [0.05, 0.1) is 15.1 Å². The molecule has 0 spiro atoms. The fourth-order valence-electron chi connectivity index (χ4n) is 4.78. The van der Waals surface area contributed by atoms with Crippen molar-refractivity contribution in [3.05, 3.63) is 151 Å². The average Bonchev–Trinajstić information content (AvgIpc) is 3.61. The van der Waals surface area contributed by atoms with Gasteiger partial charge in [0, 0.05) is 36.9 Å². The van der Waals surface area contributed by atoms with Crippen LogP contribution in [0.1, 0.15) is 15.1 Å². The molecular weight excluding hydrogens is 543 g/mol. The predicted molar refractivity (Wildman–Crippen MR) is 180 cm³/mol. The van der Waals surface area contributed by atoms with Crippen LogP contribution >= 0.6 is 11.3 Å². The maximum atomic E-state index is 9.39. The van der Waals surface area contributed by atoms with Gasteiger partial charge in [-0.05, 0) is 40.4 Å². The minimum Gasteiger partial charge on any atom is -0.208 e. The number of nitrogens with zero attached hydrogens (tertiary/aromatic N) is 3. The summed E-state index contributed by atoms with van der Waals surface area (Å²) >= 11 is 0.909. The molecule has 0 saturated carbocycles. The SMILES string of the molecule is [2H]c1c([2H])c([2H])c(-c2c([2H])c([2H])c3sc4c([2H])c(-c5nc(-c6ccccc6)nc(-c6ccc(-c7ccccc7)cc6)n5)c([2H])c([2H])c4c3c2[2H])c([2H])c1[2H]. The van der Waals surface area contributed by atoms with E-state index in [1.54, 1.807) is 0 Å². The van der Waals surface area contributed by atoms with E-state index >= 15 is 0 Å². The van der Waals surface area contributed by atoms with E-state index in [9.17, 15) is 5.48 Å². The lowest BCUT2D eigenvalue weighted by Crippen LogP contribution is -2.00. The van der Waals surface area contributed by atoms with Crippen LogP contribution in [0.4, 0.5) is 0 Å². The molecule has 2 aromatic heterocycles. The highest BCUT2D eigenvalue weighted by molar-refractivity contribution is 7.25. The van der Waals surface area contributed by atoms with Crippen LogP contribution in [0.3, 0.4) is 0 Å². The Morgan fingerprint density at radius 3 is 1.65 bits per heavy atom. The van der Waals surface area contributed by atoms with E-state index in [1.165, 1.54) is 0 Å². The van der Waals surface area contributed by atoms with Crippen LogP contribution in [0, 0.1) is 0 Å². The van der Waals surface area contributed by atoms with Crippen LogP contribution < -0.4 is 0 Å². The Morgan fingerprint density at radius 1 is 0.395 bits per heavy atom. The van der Waals surface area contributed by atoms with Gasteiger partial charge < -0.3 is 0 Å². The zero-order valence-electron chi connectivity index (χ0n) is 33.3. The topological polar surface area (TPSA) is 38.7 Å². The number of benzene rings is 6. The average molecular weight is 579 g/mol. The Balaban J connectivity index is 1.37. The highest BCUT2D eigenvalue weighted by atomic mass is 32.1. The third-order valence-corrected chi connectivity index (χ3v) is 7.92. The molecule has 0 radical (unpaired) electrons. The Bertz CT molecular complexity index is 2800. The maximum absolute atomic E-state index is 9.39. The van der Waals surface area contributed by atoms with Gasteiger partial charge in [-0.3, -0.25) is 0 Å². The van der Waals surface area contributed by atoms with Crippen molar-refractivity contribution < 1.29 is 15.1 Å². The Morgan fingerprint density at radius 2 is 0.953 bits per heavy atom. The summed E-state index contributed by atoms with van der Waals surface area (Å²) < 4.78 is 96.3. The molecule has 0 aliphatic heterocycles. The monoisotopic (exact) mass is 578 g/mol. The Kier molecular flexibility index (Phi) is 4.06.